The van der Waals surface area contributed by atoms with E-state index in [0.29, 0.717) is 17.7 Å². The van der Waals surface area contributed by atoms with Gasteiger partial charge in [0, 0.05) is 25.3 Å². The molecule has 164 valence electrons. The van der Waals surface area contributed by atoms with Gasteiger partial charge in [-0.25, -0.2) is 18.3 Å². The largest absolute Gasteiger partial charge is 0.378 e. The number of nitrogens with one attached hydrogen (secondary N) is 3. The SMILES string of the molecule is O=C(Nc1cn[nH]c1C(F)F)c1cnn2ccc(N3CCC(NC4COC4)CC3)nc12. The highest BCUT2D eigenvalue weighted by molar-refractivity contribution is 6.08. The van der Waals surface area contributed by atoms with Gasteiger partial charge in [-0.1, -0.05) is 0 Å². The number of nitrogens with zero attached hydrogens (tertiary/aromatic N) is 5. The molecular weight excluding hydrogens is 410 g/mol. The Morgan fingerprint density at radius 2 is 2.03 bits per heavy atom. The van der Waals surface area contributed by atoms with Crippen molar-refractivity contribution < 1.29 is 18.3 Å². The van der Waals surface area contributed by atoms with E-state index in [4.69, 9.17) is 4.74 Å². The fourth-order valence-corrected chi connectivity index (χ4v) is 3.89. The topological polar surface area (TPSA) is 112 Å². The van der Waals surface area contributed by atoms with Crippen molar-refractivity contribution in [2.45, 2.75) is 31.4 Å². The average Bonchev–Trinajstić information content (AvgIpc) is 3.37. The molecule has 2 saturated heterocycles. The van der Waals surface area contributed by atoms with E-state index >= 15 is 0 Å². The number of amides is 1. The summed E-state index contributed by atoms with van der Waals surface area (Å²) in [6.07, 6.45) is 3.48. The molecule has 2 fully saturated rings. The summed E-state index contributed by atoms with van der Waals surface area (Å²) in [4.78, 5) is 19.5. The Labute approximate surface area is 176 Å². The second-order valence-electron chi connectivity index (χ2n) is 7.73. The summed E-state index contributed by atoms with van der Waals surface area (Å²) in [5.41, 5.74) is 0.0547. The van der Waals surface area contributed by atoms with Crippen LogP contribution < -0.4 is 15.5 Å². The number of hydrogen-bond donors (Lipinski definition) is 3. The number of halogens is 2. The average molecular weight is 432 g/mol. The van der Waals surface area contributed by atoms with Crippen molar-refractivity contribution in [3.63, 3.8) is 0 Å². The molecule has 3 aromatic rings. The van der Waals surface area contributed by atoms with Gasteiger partial charge in [0.2, 0.25) is 0 Å². The smallest absolute Gasteiger partial charge is 0.281 e. The minimum atomic E-state index is -2.78. The maximum atomic E-state index is 13.0. The van der Waals surface area contributed by atoms with Gasteiger partial charge in [0.05, 0.1) is 37.3 Å². The fraction of sp³-hybridized carbons (Fsp3) is 0.474. The van der Waals surface area contributed by atoms with Gasteiger partial charge in [0.15, 0.2) is 5.65 Å². The molecule has 0 atom stereocenters. The van der Waals surface area contributed by atoms with Crippen LogP contribution in [0.5, 0.6) is 0 Å². The zero-order valence-corrected chi connectivity index (χ0v) is 16.6. The number of rotatable bonds is 6. The third-order valence-electron chi connectivity index (χ3n) is 5.66. The number of ether oxygens (including phenoxy) is 1. The Morgan fingerprint density at radius 1 is 1.23 bits per heavy atom. The van der Waals surface area contributed by atoms with Gasteiger partial charge in [0.1, 0.15) is 17.1 Å². The zero-order valence-electron chi connectivity index (χ0n) is 16.6. The lowest BCUT2D eigenvalue weighted by atomic mass is 10.0. The number of aromatic nitrogens is 5. The summed E-state index contributed by atoms with van der Waals surface area (Å²) in [6.45, 7) is 3.25. The Balaban J connectivity index is 1.30. The predicted octanol–water partition coefficient (Wildman–Crippen LogP) is 1.60. The van der Waals surface area contributed by atoms with Gasteiger partial charge >= 0.3 is 0 Å². The van der Waals surface area contributed by atoms with Gasteiger partial charge in [0.25, 0.3) is 12.3 Å². The zero-order chi connectivity index (χ0) is 21.4. The molecule has 0 bridgehead atoms. The molecule has 0 aliphatic carbocycles. The highest BCUT2D eigenvalue weighted by atomic mass is 19.3. The van der Waals surface area contributed by atoms with Crippen molar-refractivity contribution in [1.29, 1.82) is 0 Å². The first-order chi connectivity index (χ1) is 15.1. The lowest BCUT2D eigenvalue weighted by Gasteiger charge is -2.37. The van der Waals surface area contributed by atoms with Gasteiger partial charge in [-0.2, -0.15) is 10.2 Å². The van der Waals surface area contributed by atoms with E-state index in [9.17, 15) is 13.6 Å². The van der Waals surface area contributed by atoms with E-state index in [-0.39, 0.29) is 11.3 Å². The Hall–Kier alpha value is -3.12. The third-order valence-corrected chi connectivity index (χ3v) is 5.66. The van der Waals surface area contributed by atoms with E-state index < -0.39 is 18.0 Å². The van der Waals surface area contributed by atoms with Crippen LogP contribution in [0.3, 0.4) is 0 Å². The molecule has 0 radical (unpaired) electrons. The molecule has 5 rings (SSSR count). The fourth-order valence-electron chi connectivity index (χ4n) is 3.89. The van der Waals surface area contributed by atoms with Crippen LogP contribution in [-0.2, 0) is 4.74 Å². The Bertz CT molecular complexity index is 1070. The Kier molecular flexibility index (Phi) is 5.24. The van der Waals surface area contributed by atoms with Crippen molar-refractivity contribution in [2.24, 2.45) is 0 Å². The second kappa shape index (κ2) is 8.19. The molecule has 2 aliphatic heterocycles. The second-order valence-corrected chi connectivity index (χ2v) is 7.73. The minimum absolute atomic E-state index is 0.0676. The summed E-state index contributed by atoms with van der Waals surface area (Å²) in [6, 6.07) is 2.78. The van der Waals surface area contributed by atoms with Crippen LogP contribution in [0.15, 0.2) is 24.7 Å². The van der Waals surface area contributed by atoms with E-state index in [1.165, 1.54) is 10.7 Å². The molecule has 0 aromatic carbocycles. The number of carbonyl (C=O) groups excluding carboxylic acids is 1. The number of hydrogen-bond acceptors (Lipinski definition) is 7. The summed E-state index contributed by atoms with van der Waals surface area (Å²) in [7, 11) is 0. The summed E-state index contributed by atoms with van der Waals surface area (Å²) in [5, 5.41) is 16.0. The molecule has 31 heavy (non-hydrogen) atoms. The molecule has 0 spiro atoms. The van der Waals surface area contributed by atoms with Crippen LogP contribution in [0.25, 0.3) is 5.65 Å². The molecule has 3 aromatic heterocycles. The number of aromatic amines is 1. The molecule has 3 N–H and O–H groups in total. The molecule has 10 nitrogen and oxygen atoms in total. The molecule has 12 heteroatoms. The van der Waals surface area contributed by atoms with Gasteiger partial charge in [-0.15, -0.1) is 0 Å². The number of alkyl halides is 2. The van der Waals surface area contributed by atoms with Crippen LogP contribution >= 0.6 is 0 Å². The molecule has 2 aliphatic rings. The summed E-state index contributed by atoms with van der Waals surface area (Å²) >= 11 is 0. The number of H-pyrrole nitrogens is 1. The van der Waals surface area contributed by atoms with Crippen LogP contribution in [0.2, 0.25) is 0 Å². The van der Waals surface area contributed by atoms with E-state index in [1.54, 1.807) is 6.20 Å². The normalized spacial score (nSPS) is 18.0. The molecule has 0 unspecified atom stereocenters. The predicted molar refractivity (Wildman–Crippen MR) is 107 cm³/mol. The van der Waals surface area contributed by atoms with Crippen molar-refractivity contribution in [1.82, 2.24) is 30.1 Å². The highest BCUT2D eigenvalue weighted by Crippen LogP contribution is 2.25. The highest BCUT2D eigenvalue weighted by Gasteiger charge is 2.26. The van der Waals surface area contributed by atoms with Gasteiger partial charge < -0.3 is 20.3 Å². The first-order valence-electron chi connectivity index (χ1n) is 10.1. The van der Waals surface area contributed by atoms with E-state index in [2.05, 4.69) is 35.8 Å². The van der Waals surface area contributed by atoms with Gasteiger partial charge in [-0.3, -0.25) is 9.89 Å². The number of anilines is 2. The number of piperidine rings is 1. The maximum absolute atomic E-state index is 13.0. The quantitative estimate of drug-likeness (QED) is 0.542. The van der Waals surface area contributed by atoms with Crippen LogP contribution in [0.1, 0.15) is 35.3 Å². The summed E-state index contributed by atoms with van der Waals surface area (Å²) in [5.74, 6) is 0.178. The van der Waals surface area contributed by atoms with Crippen molar-refractivity contribution in [3.8, 4) is 0 Å². The number of fused-ring (bicyclic) bond motifs is 1. The lowest BCUT2D eigenvalue weighted by molar-refractivity contribution is -0.0111. The number of carbonyl (C=O) groups is 1. The van der Waals surface area contributed by atoms with Crippen molar-refractivity contribution >= 4 is 23.1 Å². The van der Waals surface area contributed by atoms with Crippen LogP contribution in [-0.4, -0.2) is 69.1 Å². The lowest BCUT2D eigenvalue weighted by Crippen LogP contribution is -2.53. The van der Waals surface area contributed by atoms with Gasteiger partial charge in [-0.05, 0) is 18.9 Å². The molecule has 5 heterocycles. The maximum Gasteiger partial charge on any atom is 0.281 e. The molecule has 1 amide bonds. The molecule has 0 saturated carbocycles. The first-order valence-corrected chi connectivity index (χ1v) is 10.1. The van der Waals surface area contributed by atoms with Crippen LogP contribution in [0.4, 0.5) is 20.3 Å². The van der Waals surface area contributed by atoms with E-state index in [1.807, 2.05) is 6.07 Å². The summed E-state index contributed by atoms with van der Waals surface area (Å²) < 4.78 is 32.7. The standard InChI is InChI=1S/C19H22F2N8O2/c20-17(21)16-14(8-22-27-16)25-19(30)13-7-23-29-6-3-15(26-18(13)29)28-4-1-11(2-5-28)24-12-9-31-10-12/h3,6-8,11-12,17,24H,1-2,4-5,9-10H2,(H,22,27)(H,25,30). The first kappa shape index (κ1) is 19.8. The third kappa shape index (κ3) is 3.95. The molecular formula is C19H22F2N8O2. The minimum Gasteiger partial charge on any atom is -0.378 e. The monoisotopic (exact) mass is 432 g/mol. The van der Waals surface area contributed by atoms with Crippen molar-refractivity contribution in [2.75, 3.05) is 36.5 Å². The Morgan fingerprint density at radius 3 is 2.74 bits per heavy atom. The van der Waals surface area contributed by atoms with E-state index in [0.717, 1.165) is 51.2 Å². The van der Waals surface area contributed by atoms with Crippen molar-refractivity contribution in [3.05, 3.63) is 35.9 Å². The van der Waals surface area contributed by atoms with Crippen LogP contribution in [0, 0.1) is 0 Å².